The van der Waals surface area contributed by atoms with E-state index in [9.17, 15) is 14.6 Å². The second-order valence-electron chi connectivity index (χ2n) is 10.8. The standard InChI is InChI=1S/C30H64NO6P/c1-2-3-4-5-6-7-8-9-10-11-12-13-14-15-16-17-18-19-20-21-22-23-24-26-35-30(28-32)29-37-38(33,34)36-27-25-31/h30,32H,2-29,31H2,1H3,(H,33,34)/t30-/m1/s1. The van der Waals surface area contributed by atoms with Gasteiger partial charge in [-0.25, -0.2) is 4.57 Å². The zero-order valence-electron chi connectivity index (χ0n) is 24.9. The molecular formula is C30H64NO6P. The van der Waals surface area contributed by atoms with Crippen molar-refractivity contribution in [2.75, 3.05) is 33.0 Å². The Hall–Kier alpha value is -0.0100. The zero-order valence-corrected chi connectivity index (χ0v) is 25.8. The van der Waals surface area contributed by atoms with Gasteiger partial charge in [0.15, 0.2) is 0 Å². The summed E-state index contributed by atoms with van der Waals surface area (Å²) in [5.74, 6) is 0. The van der Waals surface area contributed by atoms with E-state index in [-0.39, 0.29) is 26.4 Å². The lowest BCUT2D eigenvalue weighted by Gasteiger charge is -2.17. The fraction of sp³-hybridized carbons (Fsp3) is 1.00. The smallest absolute Gasteiger partial charge is 0.394 e. The van der Waals surface area contributed by atoms with Gasteiger partial charge in [-0.2, -0.15) is 0 Å². The average Bonchev–Trinajstić information content (AvgIpc) is 2.91. The van der Waals surface area contributed by atoms with Crippen LogP contribution in [0.2, 0.25) is 0 Å². The highest BCUT2D eigenvalue weighted by Crippen LogP contribution is 2.42. The van der Waals surface area contributed by atoms with Crippen LogP contribution in [-0.2, 0) is 18.3 Å². The van der Waals surface area contributed by atoms with Crippen LogP contribution in [0.5, 0.6) is 0 Å². The van der Waals surface area contributed by atoms with Crippen LogP contribution >= 0.6 is 7.82 Å². The highest BCUT2D eigenvalue weighted by molar-refractivity contribution is 7.47. The molecule has 0 saturated carbocycles. The first-order valence-electron chi connectivity index (χ1n) is 16.1. The van der Waals surface area contributed by atoms with E-state index in [0.29, 0.717) is 6.61 Å². The summed E-state index contributed by atoms with van der Waals surface area (Å²) >= 11 is 0. The number of nitrogens with two attached hydrogens (primary N) is 1. The average molecular weight is 566 g/mol. The maximum Gasteiger partial charge on any atom is 0.472 e. The summed E-state index contributed by atoms with van der Waals surface area (Å²) in [6.07, 6.45) is 30.7. The van der Waals surface area contributed by atoms with Gasteiger partial charge in [0.2, 0.25) is 0 Å². The fourth-order valence-corrected chi connectivity index (χ4v) is 5.44. The van der Waals surface area contributed by atoms with Gasteiger partial charge in [-0.3, -0.25) is 9.05 Å². The van der Waals surface area contributed by atoms with E-state index in [1.165, 1.54) is 135 Å². The molecular weight excluding hydrogens is 501 g/mol. The normalized spacial score (nSPS) is 14.1. The van der Waals surface area contributed by atoms with Crippen LogP contribution in [0.3, 0.4) is 0 Å². The van der Waals surface area contributed by atoms with Crippen molar-refractivity contribution >= 4 is 7.82 Å². The molecule has 0 bridgehead atoms. The van der Waals surface area contributed by atoms with Gasteiger partial charge >= 0.3 is 7.82 Å². The van der Waals surface area contributed by atoms with Gasteiger partial charge in [-0.15, -0.1) is 0 Å². The Morgan fingerprint density at radius 1 is 0.605 bits per heavy atom. The minimum atomic E-state index is -4.13. The number of phosphoric ester groups is 1. The van der Waals surface area contributed by atoms with Crippen molar-refractivity contribution < 1.29 is 28.3 Å². The van der Waals surface area contributed by atoms with Crippen molar-refractivity contribution in [3.8, 4) is 0 Å². The van der Waals surface area contributed by atoms with E-state index in [2.05, 4.69) is 11.4 Å². The van der Waals surface area contributed by atoms with Crippen molar-refractivity contribution in [1.29, 1.82) is 0 Å². The summed E-state index contributed by atoms with van der Waals surface area (Å²) in [6.45, 7) is 2.41. The number of unbranched alkanes of at least 4 members (excludes halogenated alkanes) is 22. The first-order chi connectivity index (χ1) is 18.6. The van der Waals surface area contributed by atoms with Crippen molar-refractivity contribution in [1.82, 2.24) is 0 Å². The lowest BCUT2D eigenvalue weighted by Crippen LogP contribution is -2.24. The molecule has 0 radical (unpaired) electrons. The fourth-order valence-electron chi connectivity index (χ4n) is 4.67. The molecule has 0 aromatic heterocycles. The third-order valence-electron chi connectivity index (χ3n) is 7.10. The van der Waals surface area contributed by atoms with E-state index in [4.69, 9.17) is 15.0 Å². The molecule has 0 aliphatic rings. The Kier molecular flexibility index (Phi) is 30.0. The van der Waals surface area contributed by atoms with Crippen LogP contribution in [-0.4, -0.2) is 49.1 Å². The number of hydrogen-bond donors (Lipinski definition) is 3. The Balaban J connectivity index is 3.28. The Bertz CT molecular complexity index is 511. The summed E-state index contributed by atoms with van der Waals surface area (Å²) in [5.41, 5.74) is 5.24. The molecule has 2 atom stereocenters. The van der Waals surface area contributed by atoms with Crippen molar-refractivity contribution in [3.05, 3.63) is 0 Å². The molecule has 4 N–H and O–H groups in total. The first kappa shape index (κ1) is 38.0. The minimum absolute atomic E-state index is 0.0576. The van der Waals surface area contributed by atoms with Gasteiger partial charge in [0.25, 0.3) is 0 Å². The van der Waals surface area contributed by atoms with Crippen LogP contribution in [0.4, 0.5) is 0 Å². The highest BCUT2D eigenvalue weighted by atomic mass is 31.2. The minimum Gasteiger partial charge on any atom is -0.394 e. The van der Waals surface area contributed by atoms with Gasteiger partial charge < -0.3 is 20.5 Å². The lowest BCUT2D eigenvalue weighted by atomic mass is 10.0. The predicted octanol–water partition coefficient (Wildman–Crippen LogP) is 8.45. The summed E-state index contributed by atoms with van der Waals surface area (Å²) < 4.78 is 26.6. The number of aliphatic hydroxyl groups excluding tert-OH is 1. The molecule has 0 aromatic rings. The molecule has 0 aliphatic heterocycles. The van der Waals surface area contributed by atoms with E-state index >= 15 is 0 Å². The molecule has 0 spiro atoms. The maximum absolute atomic E-state index is 11.6. The van der Waals surface area contributed by atoms with Gasteiger partial charge in [0.1, 0.15) is 6.10 Å². The molecule has 0 fully saturated rings. The second-order valence-corrected chi connectivity index (χ2v) is 12.3. The van der Waals surface area contributed by atoms with Crippen LogP contribution in [0.15, 0.2) is 0 Å². The summed E-state index contributed by atoms with van der Waals surface area (Å²) in [5, 5.41) is 9.34. The monoisotopic (exact) mass is 565 g/mol. The third-order valence-corrected chi connectivity index (χ3v) is 8.09. The molecule has 0 amide bonds. The summed E-state index contributed by atoms with van der Waals surface area (Å²) in [7, 11) is -4.13. The molecule has 8 heteroatoms. The van der Waals surface area contributed by atoms with Crippen molar-refractivity contribution in [2.24, 2.45) is 5.73 Å². The van der Waals surface area contributed by atoms with Crippen LogP contribution in [0.25, 0.3) is 0 Å². The number of phosphoric acid groups is 1. The quantitative estimate of drug-likeness (QED) is 0.0554. The Morgan fingerprint density at radius 3 is 1.32 bits per heavy atom. The summed E-state index contributed by atoms with van der Waals surface area (Å²) in [6, 6.07) is 0. The van der Waals surface area contributed by atoms with Gasteiger partial charge in [-0.05, 0) is 6.42 Å². The predicted molar refractivity (Wildman–Crippen MR) is 159 cm³/mol. The SMILES string of the molecule is CCCCCCCCCCCCCCCCCCCCCCCCCO[C@H](CO)COP(=O)(O)OCCN. The highest BCUT2D eigenvalue weighted by Gasteiger charge is 2.23. The van der Waals surface area contributed by atoms with E-state index in [0.717, 1.165) is 12.8 Å². The van der Waals surface area contributed by atoms with E-state index < -0.39 is 13.9 Å². The zero-order chi connectivity index (χ0) is 28.0. The maximum atomic E-state index is 11.6. The molecule has 0 aromatic carbocycles. The Labute approximate surface area is 235 Å². The number of rotatable bonds is 32. The second kappa shape index (κ2) is 30.0. The largest absolute Gasteiger partial charge is 0.472 e. The number of ether oxygens (including phenoxy) is 1. The number of hydrogen-bond acceptors (Lipinski definition) is 6. The molecule has 38 heavy (non-hydrogen) atoms. The number of aliphatic hydroxyl groups is 1. The lowest BCUT2D eigenvalue weighted by molar-refractivity contribution is -0.0224. The van der Waals surface area contributed by atoms with Gasteiger partial charge in [0, 0.05) is 13.2 Å². The van der Waals surface area contributed by atoms with E-state index in [1.54, 1.807) is 0 Å². The van der Waals surface area contributed by atoms with Crippen molar-refractivity contribution in [3.63, 3.8) is 0 Å². The van der Waals surface area contributed by atoms with Crippen LogP contribution in [0.1, 0.15) is 155 Å². The first-order valence-corrected chi connectivity index (χ1v) is 17.6. The van der Waals surface area contributed by atoms with Gasteiger partial charge in [0.05, 0.1) is 19.8 Å². The molecule has 0 heterocycles. The Morgan fingerprint density at radius 2 is 0.974 bits per heavy atom. The molecule has 230 valence electrons. The summed E-state index contributed by atoms with van der Waals surface area (Å²) in [4.78, 5) is 9.47. The van der Waals surface area contributed by atoms with Crippen LogP contribution < -0.4 is 5.73 Å². The van der Waals surface area contributed by atoms with E-state index in [1.807, 2.05) is 0 Å². The third kappa shape index (κ3) is 29.0. The molecule has 7 nitrogen and oxygen atoms in total. The van der Waals surface area contributed by atoms with Gasteiger partial charge in [-0.1, -0.05) is 148 Å². The van der Waals surface area contributed by atoms with Crippen LogP contribution in [0, 0.1) is 0 Å². The topological polar surface area (TPSA) is 111 Å². The molecule has 0 saturated heterocycles. The molecule has 0 rings (SSSR count). The molecule has 0 aliphatic carbocycles. The van der Waals surface area contributed by atoms with Crippen molar-refractivity contribution in [2.45, 2.75) is 161 Å². The molecule has 1 unspecified atom stereocenters.